The van der Waals surface area contributed by atoms with Crippen LogP contribution in [-0.2, 0) is 21.4 Å². The van der Waals surface area contributed by atoms with E-state index in [4.69, 9.17) is 4.52 Å². The number of carbonyl (C=O) groups excluding carboxylic acids is 1. The van der Waals surface area contributed by atoms with Crippen LogP contribution in [0.1, 0.15) is 12.2 Å². The molecule has 0 unspecified atom stereocenters. The molecule has 22 heavy (non-hydrogen) atoms. The van der Waals surface area contributed by atoms with Gasteiger partial charge in [0.15, 0.2) is 5.82 Å². The summed E-state index contributed by atoms with van der Waals surface area (Å²) in [5.74, 6) is 0.425. The first-order chi connectivity index (χ1) is 10.4. The second-order valence-corrected chi connectivity index (χ2v) is 6.41. The molecule has 2 aromatic rings. The van der Waals surface area contributed by atoms with E-state index in [0.29, 0.717) is 11.7 Å². The van der Waals surface area contributed by atoms with Gasteiger partial charge in [-0.3, -0.25) is 4.79 Å². The molecule has 8 nitrogen and oxygen atoms in total. The molecule has 1 heterocycles. The number of rotatable bonds is 7. The highest BCUT2D eigenvalue weighted by Crippen LogP contribution is 2.15. The van der Waals surface area contributed by atoms with Gasteiger partial charge in [0.25, 0.3) is 5.89 Å². The fraction of sp³-hybridized carbons (Fsp3) is 0.308. The molecule has 1 amide bonds. The number of nitrogens with one attached hydrogen (secondary N) is 2. The normalized spacial score (nSPS) is 11.3. The number of amides is 1. The standard InChI is InChI=1S/C13H16N4O4S/c1-22(19,20)15-8-7-12(18)14-9-11-16-13(21-17-11)10-5-3-2-4-6-10/h2-6,15H,7-9H2,1H3,(H,14,18). The average Bonchev–Trinajstić information content (AvgIpc) is 2.94. The number of carbonyl (C=O) groups is 1. The zero-order valence-corrected chi connectivity index (χ0v) is 12.8. The Bertz CT molecular complexity index is 728. The highest BCUT2D eigenvalue weighted by atomic mass is 32.2. The van der Waals surface area contributed by atoms with Gasteiger partial charge in [-0.2, -0.15) is 4.98 Å². The number of sulfonamides is 1. The molecule has 0 spiro atoms. The van der Waals surface area contributed by atoms with E-state index in [1.54, 1.807) is 0 Å². The Labute approximate surface area is 128 Å². The number of benzene rings is 1. The average molecular weight is 324 g/mol. The molecular weight excluding hydrogens is 308 g/mol. The highest BCUT2D eigenvalue weighted by molar-refractivity contribution is 7.88. The van der Waals surface area contributed by atoms with Crippen molar-refractivity contribution < 1.29 is 17.7 Å². The van der Waals surface area contributed by atoms with E-state index in [1.165, 1.54) is 0 Å². The van der Waals surface area contributed by atoms with Crippen molar-refractivity contribution in [3.05, 3.63) is 36.2 Å². The quantitative estimate of drug-likeness (QED) is 0.757. The minimum absolute atomic E-state index is 0.0382. The molecule has 0 atom stereocenters. The Morgan fingerprint density at radius 2 is 2.00 bits per heavy atom. The topological polar surface area (TPSA) is 114 Å². The molecule has 0 aliphatic rings. The highest BCUT2D eigenvalue weighted by Gasteiger charge is 2.10. The van der Waals surface area contributed by atoms with E-state index >= 15 is 0 Å². The summed E-state index contributed by atoms with van der Waals surface area (Å²) in [4.78, 5) is 15.7. The molecule has 0 aliphatic carbocycles. The van der Waals surface area contributed by atoms with Crippen molar-refractivity contribution in [2.45, 2.75) is 13.0 Å². The van der Waals surface area contributed by atoms with Crippen LogP contribution in [0.15, 0.2) is 34.9 Å². The molecule has 0 saturated carbocycles. The summed E-state index contributed by atoms with van der Waals surface area (Å²) in [7, 11) is -3.28. The lowest BCUT2D eigenvalue weighted by molar-refractivity contribution is -0.121. The molecule has 2 N–H and O–H groups in total. The minimum atomic E-state index is -3.28. The predicted octanol–water partition coefficient (Wildman–Crippen LogP) is 0.292. The fourth-order valence-corrected chi connectivity index (χ4v) is 2.11. The van der Waals surface area contributed by atoms with Gasteiger partial charge in [-0.1, -0.05) is 23.4 Å². The SMILES string of the molecule is CS(=O)(=O)NCCC(=O)NCc1noc(-c2ccccc2)n1. The summed E-state index contributed by atoms with van der Waals surface area (Å²) in [6.07, 6.45) is 1.08. The summed E-state index contributed by atoms with van der Waals surface area (Å²) >= 11 is 0. The van der Waals surface area contributed by atoms with Crippen molar-refractivity contribution in [2.75, 3.05) is 12.8 Å². The molecule has 0 aliphatic heterocycles. The molecule has 9 heteroatoms. The zero-order valence-electron chi connectivity index (χ0n) is 11.9. The van der Waals surface area contributed by atoms with Gasteiger partial charge in [0, 0.05) is 18.5 Å². The van der Waals surface area contributed by atoms with Crippen molar-refractivity contribution in [1.82, 2.24) is 20.2 Å². The van der Waals surface area contributed by atoms with Crippen LogP contribution in [0.3, 0.4) is 0 Å². The van der Waals surface area contributed by atoms with Gasteiger partial charge in [-0.25, -0.2) is 13.1 Å². The van der Waals surface area contributed by atoms with Crippen LogP contribution in [0.25, 0.3) is 11.5 Å². The Kier molecular flexibility index (Phi) is 5.23. The lowest BCUT2D eigenvalue weighted by Crippen LogP contribution is -2.30. The Morgan fingerprint density at radius 3 is 2.68 bits per heavy atom. The van der Waals surface area contributed by atoms with E-state index in [9.17, 15) is 13.2 Å². The largest absolute Gasteiger partial charge is 0.349 e. The van der Waals surface area contributed by atoms with Crippen molar-refractivity contribution in [3.63, 3.8) is 0 Å². The first kappa shape index (κ1) is 16.1. The summed E-state index contributed by atoms with van der Waals surface area (Å²) in [6.45, 7) is 0.167. The number of hydrogen-bond acceptors (Lipinski definition) is 6. The summed E-state index contributed by atoms with van der Waals surface area (Å²) in [5, 5.41) is 6.36. The second kappa shape index (κ2) is 7.14. The molecule has 0 radical (unpaired) electrons. The number of aromatic nitrogens is 2. The van der Waals surface area contributed by atoms with Crippen molar-refractivity contribution in [3.8, 4) is 11.5 Å². The van der Waals surface area contributed by atoms with Gasteiger partial charge in [-0.05, 0) is 12.1 Å². The smallest absolute Gasteiger partial charge is 0.257 e. The molecule has 1 aromatic heterocycles. The maximum atomic E-state index is 11.5. The van der Waals surface area contributed by atoms with Crippen molar-refractivity contribution >= 4 is 15.9 Å². The van der Waals surface area contributed by atoms with Crippen LogP contribution in [0.4, 0.5) is 0 Å². The molecule has 0 bridgehead atoms. The van der Waals surface area contributed by atoms with Crippen molar-refractivity contribution in [1.29, 1.82) is 0 Å². The lowest BCUT2D eigenvalue weighted by atomic mass is 10.2. The van der Waals surface area contributed by atoms with Gasteiger partial charge in [0.1, 0.15) is 0 Å². The minimum Gasteiger partial charge on any atom is -0.349 e. The third-order valence-electron chi connectivity index (χ3n) is 2.65. The van der Waals surface area contributed by atoms with Crippen LogP contribution >= 0.6 is 0 Å². The van der Waals surface area contributed by atoms with Gasteiger partial charge < -0.3 is 9.84 Å². The summed E-state index contributed by atoms with van der Waals surface area (Å²) in [6, 6.07) is 9.27. The maximum Gasteiger partial charge on any atom is 0.257 e. The van der Waals surface area contributed by atoms with Crippen LogP contribution in [0.5, 0.6) is 0 Å². The first-order valence-corrected chi connectivity index (χ1v) is 8.42. The third-order valence-corrected chi connectivity index (χ3v) is 3.38. The molecule has 0 fully saturated rings. The van der Waals surface area contributed by atoms with E-state index in [0.717, 1.165) is 11.8 Å². The lowest BCUT2D eigenvalue weighted by Gasteiger charge is -2.03. The molecule has 118 valence electrons. The molecular formula is C13H16N4O4S. The van der Waals surface area contributed by atoms with Gasteiger partial charge >= 0.3 is 0 Å². The Morgan fingerprint density at radius 1 is 1.27 bits per heavy atom. The number of hydrogen-bond donors (Lipinski definition) is 2. The second-order valence-electron chi connectivity index (χ2n) is 4.58. The van der Waals surface area contributed by atoms with E-state index in [-0.39, 0.29) is 25.4 Å². The van der Waals surface area contributed by atoms with Gasteiger partial charge in [0.2, 0.25) is 15.9 Å². The van der Waals surface area contributed by atoms with Gasteiger partial charge in [-0.15, -0.1) is 0 Å². The monoisotopic (exact) mass is 324 g/mol. The maximum absolute atomic E-state index is 11.5. The molecule has 2 rings (SSSR count). The Balaban J connectivity index is 1.80. The van der Waals surface area contributed by atoms with Crippen LogP contribution in [0, 0.1) is 0 Å². The summed E-state index contributed by atoms with van der Waals surface area (Å²) in [5.41, 5.74) is 0.796. The third kappa shape index (κ3) is 5.26. The van der Waals surface area contributed by atoms with Crippen molar-refractivity contribution in [2.24, 2.45) is 0 Å². The fourth-order valence-electron chi connectivity index (χ4n) is 1.64. The molecule has 0 saturated heterocycles. The Hall–Kier alpha value is -2.26. The van der Waals surface area contributed by atoms with E-state index in [1.807, 2.05) is 30.3 Å². The zero-order chi connectivity index (χ0) is 16.0. The van der Waals surface area contributed by atoms with Crippen LogP contribution in [0.2, 0.25) is 0 Å². The molecule has 1 aromatic carbocycles. The predicted molar refractivity (Wildman–Crippen MR) is 79.0 cm³/mol. The van der Waals surface area contributed by atoms with Crippen LogP contribution in [-0.4, -0.2) is 37.3 Å². The van der Waals surface area contributed by atoms with E-state index in [2.05, 4.69) is 20.2 Å². The summed E-state index contributed by atoms with van der Waals surface area (Å²) < 4.78 is 29.1. The van der Waals surface area contributed by atoms with Gasteiger partial charge in [0.05, 0.1) is 12.8 Å². The van der Waals surface area contributed by atoms with Crippen LogP contribution < -0.4 is 10.0 Å². The first-order valence-electron chi connectivity index (χ1n) is 6.53. The number of nitrogens with zero attached hydrogens (tertiary/aromatic N) is 2. The van der Waals surface area contributed by atoms with E-state index < -0.39 is 10.0 Å².